The Balaban J connectivity index is 1.78. The van der Waals surface area contributed by atoms with Gasteiger partial charge in [0.05, 0.1) is 12.0 Å². The predicted molar refractivity (Wildman–Crippen MR) is 68.9 cm³/mol. The number of halogens is 2. The van der Waals surface area contributed by atoms with Crippen molar-refractivity contribution in [1.29, 1.82) is 0 Å². The van der Waals surface area contributed by atoms with E-state index in [0.717, 1.165) is 5.56 Å². The Bertz CT molecular complexity index is 451. The summed E-state index contributed by atoms with van der Waals surface area (Å²) >= 11 is 0. The zero-order valence-electron chi connectivity index (χ0n) is 10.9. The number of hydrogen-bond donors (Lipinski definition) is 1. The predicted octanol–water partition coefficient (Wildman–Crippen LogP) is 2.53. The summed E-state index contributed by atoms with van der Waals surface area (Å²) in [5.41, 5.74) is -0.0785. The molecule has 1 N–H and O–H groups in total. The highest BCUT2D eigenvalue weighted by molar-refractivity contribution is 5.16. The molecule has 1 aromatic rings. The molecular weight excluding hydrogens is 248 g/mol. The zero-order valence-corrected chi connectivity index (χ0v) is 10.9. The molecule has 0 radical (unpaired) electrons. The van der Waals surface area contributed by atoms with Crippen molar-refractivity contribution in [3.63, 3.8) is 0 Å². The van der Waals surface area contributed by atoms with E-state index in [-0.39, 0.29) is 0 Å². The number of likely N-dealkylation sites (tertiary alicyclic amines) is 1. The highest BCUT2D eigenvalue weighted by Gasteiger charge is 2.65. The van der Waals surface area contributed by atoms with Gasteiger partial charge >= 0.3 is 0 Å². The topological polar surface area (TPSA) is 23.5 Å². The molecule has 0 aromatic heterocycles. The maximum absolute atomic E-state index is 14.2. The molecule has 1 saturated heterocycles. The lowest BCUT2D eigenvalue weighted by atomic mass is 9.79. The third-order valence-electron chi connectivity index (χ3n) is 4.75. The van der Waals surface area contributed by atoms with Crippen LogP contribution < -0.4 is 0 Å². The van der Waals surface area contributed by atoms with Crippen LogP contribution in [0.1, 0.15) is 18.4 Å². The van der Waals surface area contributed by atoms with Crippen molar-refractivity contribution in [3.8, 4) is 0 Å². The van der Waals surface area contributed by atoms with Gasteiger partial charge in [-0.15, -0.1) is 0 Å². The van der Waals surface area contributed by atoms with Gasteiger partial charge < -0.3 is 5.11 Å². The van der Waals surface area contributed by atoms with Gasteiger partial charge in [0.15, 0.2) is 0 Å². The minimum atomic E-state index is -2.71. The molecule has 2 unspecified atom stereocenters. The highest BCUT2D eigenvalue weighted by atomic mass is 19.3. The monoisotopic (exact) mass is 267 g/mol. The Morgan fingerprint density at radius 3 is 2.68 bits per heavy atom. The molecule has 19 heavy (non-hydrogen) atoms. The second-order valence-electron chi connectivity index (χ2n) is 5.95. The number of benzene rings is 1. The standard InChI is InChI=1S/C15H19F2NO/c16-15(17)13-6-7-14(15,11-19)10-18(9-13)8-12-4-2-1-3-5-12/h1-5,13,19H,6-11H2. The number of aliphatic hydroxyl groups excluding tert-OH is 1. The lowest BCUT2D eigenvalue weighted by Crippen LogP contribution is -2.57. The fourth-order valence-electron chi connectivity index (χ4n) is 3.62. The van der Waals surface area contributed by atoms with E-state index in [0.29, 0.717) is 32.5 Å². The van der Waals surface area contributed by atoms with Crippen LogP contribution in [0.5, 0.6) is 0 Å². The van der Waals surface area contributed by atoms with Gasteiger partial charge in [-0.05, 0) is 18.4 Å². The van der Waals surface area contributed by atoms with Gasteiger partial charge in [0.25, 0.3) is 5.92 Å². The van der Waals surface area contributed by atoms with E-state index in [2.05, 4.69) is 4.90 Å². The third-order valence-corrected chi connectivity index (χ3v) is 4.75. The zero-order chi connectivity index (χ0) is 13.5. The van der Waals surface area contributed by atoms with Crippen LogP contribution in [0.15, 0.2) is 30.3 Å². The summed E-state index contributed by atoms with van der Waals surface area (Å²) in [6.45, 7) is 1.00. The van der Waals surface area contributed by atoms with Crippen LogP contribution in [0.3, 0.4) is 0 Å². The minimum absolute atomic E-state index is 0.294. The van der Waals surface area contributed by atoms with Crippen molar-refractivity contribution in [1.82, 2.24) is 4.90 Å². The molecule has 2 atom stereocenters. The molecule has 104 valence electrons. The average molecular weight is 267 g/mol. The summed E-state index contributed by atoms with van der Waals surface area (Å²) in [6, 6.07) is 9.90. The van der Waals surface area contributed by atoms with Gasteiger partial charge in [-0.2, -0.15) is 0 Å². The molecule has 2 nitrogen and oxygen atoms in total. The van der Waals surface area contributed by atoms with Gasteiger partial charge in [-0.1, -0.05) is 30.3 Å². The van der Waals surface area contributed by atoms with Gasteiger partial charge in [-0.3, -0.25) is 4.90 Å². The summed E-state index contributed by atoms with van der Waals surface area (Å²) < 4.78 is 28.5. The number of rotatable bonds is 3. The normalized spacial score (nSPS) is 33.5. The maximum atomic E-state index is 14.2. The number of aliphatic hydroxyl groups is 1. The van der Waals surface area contributed by atoms with Crippen LogP contribution >= 0.6 is 0 Å². The van der Waals surface area contributed by atoms with E-state index in [1.54, 1.807) is 0 Å². The first-order chi connectivity index (χ1) is 9.07. The largest absolute Gasteiger partial charge is 0.396 e. The van der Waals surface area contributed by atoms with Crippen molar-refractivity contribution in [2.24, 2.45) is 11.3 Å². The van der Waals surface area contributed by atoms with E-state index in [9.17, 15) is 13.9 Å². The molecule has 1 aromatic carbocycles. The highest BCUT2D eigenvalue weighted by Crippen LogP contribution is 2.56. The first kappa shape index (κ1) is 13.0. The van der Waals surface area contributed by atoms with Gasteiger partial charge in [0.1, 0.15) is 0 Å². The Labute approximate surface area is 112 Å². The molecule has 3 rings (SSSR count). The SMILES string of the molecule is OCC12CCC(CN(Cc3ccccc3)C1)C2(F)F. The summed E-state index contributed by atoms with van der Waals surface area (Å²) in [4.78, 5) is 2.07. The molecule has 1 heterocycles. The summed E-state index contributed by atoms with van der Waals surface area (Å²) in [6.07, 6.45) is 0.964. The van der Waals surface area contributed by atoms with Crippen molar-refractivity contribution in [3.05, 3.63) is 35.9 Å². The van der Waals surface area contributed by atoms with Crippen LogP contribution in [-0.4, -0.2) is 35.6 Å². The summed E-state index contributed by atoms with van der Waals surface area (Å²) in [7, 11) is 0. The molecule has 0 amide bonds. The molecule has 2 bridgehead atoms. The lowest BCUT2D eigenvalue weighted by molar-refractivity contribution is -0.185. The lowest BCUT2D eigenvalue weighted by Gasteiger charge is -2.45. The first-order valence-electron chi connectivity index (χ1n) is 6.82. The first-order valence-corrected chi connectivity index (χ1v) is 6.82. The molecule has 0 spiro atoms. The quantitative estimate of drug-likeness (QED) is 0.909. The Morgan fingerprint density at radius 2 is 2.00 bits per heavy atom. The van der Waals surface area contributed by atoms with E-state index >= 15 is 0 Å². The van der Waals surface area contributed by atoms with Crippen LogP contribution in [0.25, 0.3) is 0 Å². The van der Waals surface area contributed by atoms with Crippen LogP contribution in [0, 0.1) is 11.3 Å². The second kappa shape index (κ2) is 4.53. The van der Waals surface area contributed by atoms with E-state index in [1.165, 1.54) is 0 Å². The number of hydrogen-bond acceptors (Lipinski definition) is 2. The van der Waals surface area contributed by atoms with Crippen LogP contribution in [0.2, 0.25) is 0 Å². The van der Waals surface area contributed by atoms with Crippen molar-refractivity contribution in [2.75, 3.05) is 19.7 Å². The molecule has 1 saturated carbocycles. The number of alkyl halides is 2. The van der Waals surface area contributed by atoms with Gasteiger partial charge in [0.2, 0.25) is 0 Å². The number of piperidine rings is 1. The van der Waals surface area contributed by atoms with Crippen molar-refractivity contribution < 1.29 is 13.9 Å². The molecule has 1 aliphatic carbocycles. The van der Waals surface area contributed by atoms with Crippen LogP contribution in [-0.2, 0) is 6.54 Å². The molecule has 1 aliphatic heterocycles. The van der Waals surface area contributed by atoms with Crippen LogP contribution in [0.4, 0.5) is 8.78 Å². The number of fused-ring (bicyclic) bond motifs is 2. The molecular formula is C15H19F2NO. The third kappa shape index (κ3) is 1.98. The van der Waals surface area contributed by atoms with Crippen molar-refractivity contribution >= 4 is 0 Å². The molecule has 4 heteroatoms. The van der Waals surface area contributed by atoms with E-state index in [4.69, 9.17) is 0 Å². The second-order valence-corrected chi connectivity index (χ2v) is 5.95. The van der Waals surface area contributed by atoms with Crippen molar-refractivity contribution in [2.45, 2.75) is 25.3 Å². The van der Waals surface area contributed by atoms with Gasteiger partial charge in [0, 0.05) is 25.6 Å². The summed E-state index contributed by atoms with van der Waals surface area (Å²) in [5, 5.41) is 9.48. The molecule has 2 aliphatic rings. The Kier molecular flexibility index (Phi) is 3.10. The fourth-order valence-corrected chi connectivity index (χ4v) is 3.62. The minimum Gasteiger partial charge on any atom is -0.396 e. The molecule has 2 fully saturated rings. The Hall–Kier alpha value is -1.00. The summed E-state index contributed by atoms with van der Waals surface area (Å²) in [5.74, 6) is -3.31. The average Bonchev–Trinajstić information content (AvgIpc) is 2.56. The Morgan fingerprint density at radius 1 is 1.26 bits per heavy atom. The van der Waals surface area contributed by atoms with E-state index in [1.807, 2.05) is 30.3 Å². The maximum Gasteiger partial charge on any atom is 0.261 e. The smallest absolute Gasteiger partial charge is 0.261 e. The van der Waals surface area contributed by atoms with E-state index < -0.39 is 23.9 Å². The number of nitrogens with zero attached hydrogens (tertiary/aromatic N) is 1. The van der Waals surface area contributed by atoms with Gasteiger partial charge in [-0.25, -0.2) is 8.78 Å². The fraction of sp³-hybridized carbons (Fsp3) is 0.600.